The van der Waals surface area contributed by atoms with Crippen molar-refractivity contribution in [2.75, 3.05) is 0 Å². The molecule has 7 heteroatoms. The van der Waals surface area contributed by atoms with E-state index < -0.39 is 16.8 Å². The van der Waals surface area contributed by atoms with Gasteiger partial charge in [0.1, 0.15) is 23.5 Å². The van der Waals surface area contributed by atoms with Gasteiger partial charge in [0.15, 0.2) is 0 Å². The predicted octanol–water partition coefficient (Wildman–Crippen LogP) is -4.73. The average molecular weight is 141 g/mol. The van der Waals surface area contributed by atoms with Crippen LogP contribution in [0.3, 0.4) is 0 Å². The SMILES string of the molecule is BC(B)(O)[C@@](B)(N)C(=O)O. The van der Waals surface area contributed by atoms with E-state index >= 15 is 0 Å². The van der Waals surface area contributed by atoms with Gasteiger partial charge in [0, 0.05) is 5.40 Å². The van der Waals surface area contributed by atoms with E-state index in [9.17, 15) is 9.90 Å². The van der Waals surface area contributed by atoms with Gasteiger partial charge in [-0.25, -0.2) is 0 Å². The molecule has 0 aliphatic heterocycles. The standard InChI is InChI=1S/C3H10B3NO3/c4-2(7,1(8)9)3(5,6)10/h10H,4-7H2,(H,8,9)/t2-/m0/s1. The number of carbonyl (C=O) groups is 1. The van der Waals surface area contributed by atoms with Gasteiger partial charge in [-0.15, -0.1) is 0 Å². The summed E-state index contributed by atoms with van der Waals surface area (Å²) >= 11 is 0. The molecule has 0 radical (unpaired) electrons. The first kappa shape index (κ1) is 9.58. The molecule has 0 unspecified atom stereocenters. The third-order valence-corrected chi connectivity index (χ3v) is 1.72. The molecule has 0 fully saturated rings. The quantitative estimate of drug-likeness (QED) is 0.337. The van der Waals surface area contributed by atoms with Gasteiger partial charge in [0.05, 0.1) is 5.44 Å². The number of carboxylic acid groups (broad SMARTS) is 1. The molecule has 0 aromatic rings. The molecule has 4 N–H and O–H groups in total. The molecule has 0 spiro atoms. The molecule has 0 rings (SSSR count). The van der Waals surface area contributed by atoms with Crippen molar-refractivity contribution in [2.24, 2.45) is 5.73 Å². The van der Waals surface area contributed by atoms with E-state index in [1.165, 1.54) is 23.5 Å². The monoisotopic (exact) mass is 141 g/mol. The molecule has 4 nitrogen and oxygen atoms in total. The van der Waals surface area contributed by atoms with Crippen LogP contribution in [0.5, 0.6) is 0 Å². The Morgan fingerprint density at radius 1 is 1.40 bits per heavy atom. The fourth-order valence-electron chi connectivity index (χ4n) is 0.262. The minimum Gasteiger partial charge on any atom is -0.480 e. The smallest absolute Gasteiger partial charge is 0.316 e. The molecule has 10 heavy (non-hydrogen) atoms. The molecule has 0 aromatic heterocycles. The van der Waals surface area contributed by atoms with Crippen LogP contribution in [0.4, 0.5) is 0 Å². The van der Waals surface area contributed by atoms with Gasteiger partial charge in [0.2, 0.25) is 0 Å². The topological polar surface area (TPSA) is 83.5 Å². The Hall–Kier alpha value is -0.415. The normalized spacial score (nSPS) is 17.8. The summed E-state index contributed by atoms with van der Waals surface area (Å²) in [5.74, 6) is -1.21. The van der Waals surface area contributed by atoms with E-state index in [4.69, 9.17) is 10.8 Å². The highest BCUT2D eigenvalue weighted by Crippen LogP contribution is 2.08. The number of aliphatic carboxylic acids is 1. The van der Waals surface area contributed by atoms with Gasteiger partial charge >= 0.3 is 5.97 Å². The number of aliphatic hydroxyl groups is 1. The largest absolute Gasteiger partial charge is 0.480 e. The highest BCUT2D eigenvalue weighted by molar-refractivity contribution is 6.48. The van der Waals surface area contributed by atoms with Gasteiger partial charge in [-0.2, -0.15) is 0 Å². The Kier molecular flexibility index (Phi) is 2.23. The summed E-state index contributed by atoms with van der Waals surface area (Å²) in [6, 6.07) is 0. The van der Waals surface area contributed by atoms with Gasteiger partial charge in [-0.3, -0.25) is 4.79 Å². The van der Waals surface area contributed by atoms with Gasteiger partial charge in [-0.05, 0) is 0 Å². The Bertz CT molecular complexity index is 152. The molecule has 0 aromatic carbocycles. The van der Waals surface area contributed by atoms with Crippen LogP contribution in [0, 0.1) is 0 Å². The summed E-state index contributed by atoms with van der Waals surface area (Å²) in [5.41, 5.74) is 3.70. The summed E-state index contributed by atoms with van der Waals surface area (Å²) in [6.45, 7) is 0. The fourth-order valence-corrected chi connectivity index (χ4v) is 0.262. The summed E-state index contributed by atoms with van der Waals surface area (Å²) in [4.78, 5) is 10.4. The van der Waals surface area contributed by atoms with Crippen LogP contribution in [-0.4, -0.2) is 50.6 Å². The molecule has 0 amide bonds. The lowest BCUT2D eigenvalue weighted by Gasteiger charge is -2.33. The Morgan fingerprint density at radius 3 is 1.70 bits per heavy atom. The van der Waals surface area contributed by atoms with Crippen molar-refractivity contribution in [3.8, 4) is 0 Å². The molecule has 0 aliphatic rings. The van der Waals surface area contributed by atoms with E-state index in [-0.39, 0.29) is 0 Å². The van der Waals surface area contributed by atoms with Crippen molar-refractivity contribution >= 4 is 29.5 Å². The number of nitrogens with two attached hydrogens (primary N) is 1. The molecule has 1 atom stereocenters. The second-order valence-corrected chi connectivity index (χ2v) is 3.07. The minimum atomic E-state index is -1.59. The van der Waals surface area contributed by atoms with Crippen LogP contribution in [0.2, 0.25) is 0 Å². The first-order chi connectivity index (χ1) is 4.19. The van der Waals surface area contributed by atoms with Crippen LogP contribution in [0.15, 0.2) is 0 Å². The maximum absolute atomic E-state index is 10.4. The third-order valence-electron chi connectivity index (χ3n) is 1.72. The summed E-state index contributed by atoms with van der Waals surface area (Å²) in [5, 5.41) is 16.3. The zero-order chi connectivity index (χ0) is 8.58. The molecule has 54 valence electrons. The van der Waals surface area contributed by atoms with Crippen molar-refractivity contribution < 1.29 is 15.0 Å². The molecular weight excluding hydrogens is 130 g/mol. The first-order valence-corrected chi connectivity index (χ1v) is 2.94. The van der Waals surface area contributed by atoms with Crippen LogP contribution >= 0.6 is 0 Å². The molecule has 0 bridgehead atoms. The fraction of sp³-hybridized carbons (Fsp3) is 0.667. The van der Waals surface area contributed by atoms with Crippen LogP contribution < -0.4 is 5.73 Å². The van der Waals surface area contributed by atoms with Crippen LogP contribution in [0.1, 0.15) is 0 Å². The summed E-state index contributed by atoms with van der Waals surface area (Å²) < 4.78 is 0. The Labute approximate surface area is 62.0 Å². The van der Waals surface area contributed by atoms with Crippen LogP contribution in [-0.2, 0) is 4.79 Å². The van der Waals surface area contributed by atoms with Crippen molar-refractivity contribution in [1.82, 2.24) is 0 Å². The van der Waals surface area contributed by atoms with Gasteiger partial charge in [0.25, 0.3) is 0 Å². The zero-order valence-electron chi connectivity index (χ0n) is 6.38. The lowest BCUT2D eigenvalue weighted by molar-refractivity contribution is -0.142. The number of carboxylic acids is 1. The van der Waals surface area contributed by atoms with E-state index in [0.717, 1.165) is 0 Å². The molecule has 0 aliphatic carbocycles. The maximum Gasteiger partial charge on any atom is 0.316 e. The zero-order valence-corrected chi connectivity index (χ0v) is 6.38. The van der Waals surface area contributed by atoms with Crippen molar-refractivity contribution in [1.29, 1.82) is 0 Å². The van der Waals surface area contributed by atoms with Gasteiger partial charge < -0.3 is 15.9 Å². The van der Waals surface area contributed by atoms with Crippen LogP contribution in [0.25, 0.3) is 0 Å². The minimum absolute atomic E-state index is 1.21. The van der Waals surface area contributed by atoms with E-state index in [0.29, 0.717) is 0 Å². The van der Waals surface area contributed by atoms with Crippen molar-refractivity contribution in [3.63, 3.8) is 0 Å². The highest BCUT2D eigenvalue weighted by atomic mass is 16.4. The average Bonchev–Trinajstić information content (AvgIpc) is 1.62. The third kappa shape index (κ3) is 1.55. The molecule has 0 saturated carbocycles. The lowest BCUT2D eigenvalue weighted by atomic mass is 9.48. The molecule has 0 heterocycles. The Morgan fingerprint density at radius 2 is 1.70 bits per heavy atom. The van der Waals surface area contributed by atoms with Crippen molar-refractivity contribution in [3.05, 3.63) is 0 Å². The van der Waals surface area contributed by atoms with E-state index in [1.807, 2.05) is 0 Å². The van der Waals surface area contributed by atoms with Crippen molar-refractivity contribution in [2.45, 2.75) is 10.8 Å². The number of hydrogen-bond acceptors (Lipinski definition) is 3. The lowest BCUT2D eigenvalue weighted by Crippen LogP contribution is -2.67. The summed E-state index contributed by atoms with van der Waals surface area (Å²) in [6.07, 6.45) is 0. The maximum atomic E-state index is 10.4. The second kappa shape index (κ2) is 2.32. The summed E-state index contributed by atoms with van der Waals surface area (Å²) in [7, 11) is 4.00. The highest BCUT2D eigenvalue weighted by Gasteiger charge is 2.41. The first-order valence-electron chi connectivity index (χ1n) is 2.94. The van der Waals surface area contributed by atoms with E-state index in [2.05, 4.69) is 0 Å². The number of hydrogen-bond donors (Lipinski definition) is 3. The molecule has 0 saturated heterocycles. The molecular formula is C3H10B3NO3. The van der Waals surface area contributed by atoms with Gasteiger partial charge in [-0.1, -0.05) is 0 Å². The Balaban J connectivity index is 4.57. The second-order valence-electron chi connectivity index (χ2n) is 3.07. The van der Waals surface area contributed by atoms with E-state index in [1.54, 1.807) is 0 Å². The predicted molar refractivity (Wildman–Crippen MR) is 45.1 cm³/mol. The number of rotatable bonds is 2.